The Morgan fingerprint density at radius 3 is 2.72 bits per heavy atom. The number of aromatic nitrogens is 6. The molecule has 6 rings (SSSR count). The second-order valence-corrected chi connectivity index (χ2v) is 6.72. The molecule has 6 aromatic rings. The highest BCUT2D eigenvalue weighted by Crippen LogP contribution is 2.33. The number of H-pyrrole nitrogens is 2. The average molecular weight is 378 g/mol. The standard InChI is InChI=1S/C22H14N6O/c1-2-6-23-17(3-1)18-10-16-20(11-25-18)27-28-21(16)19-9-15-14(13-5-8-29-12-13)4-7-24-22(15)26-19/h1-12H,(H,24,26)(H,27,28). The summed E-state index contributed by atoms with van der Waals surface area (Å²) in [5, 5.41) is 9.57. The van der Waals surface area contributed by atoms with Crippen LogP contribution in [0.15, 0.2) is 78.0 Å². The van der Waals surface area contributed by atoms with Gasteiger partial charge < -0.3 is 9.40 Å². The Labute approximate surface area is 164 Å². The van der Waals surface area contributed by atoms with E-state index >= 15 is 0 Å². The molecule has 0 saturated heterocycles. The predicted molar refractivity (Wildman–Crippen MR) is 110 cm³/mol. The molecule has 7 nitrogen and oxygen atoms in total. The van der Waals surface area contributed by atoms with Gasteiger partial charge in [0.2, 0.25) is 0 Å². The molecule has 0 spiro atoms. The Morgan fingerprint density at radius 2 is 1.86 bits per heavy atom. The molecule has 0 unspecified atom stereocenters. The summed E-state index contributed by atoms with van der Waals surface area (Å²) in [5.74, 6) is 0. The molecule has 0 aliphatic rings. The Balaban J connectivity index is 1.53. The third-order valence-electron chi connectivity index (χ3n) is 4.99. The summed E-state index contributed by atoms with van der Waals surface area (Å²) in [4.78, 5) is 16.8. The van der Waals surface area contributed by atoms with E-state index in [2.05, 4.69) is 36.2 Å². The van der Waals surface area contributed by atoms with Crippen molar-refractivity contribution in [1.82, 2.24) is 30.1 Å². The van der Waals surface area contributed by atoms with Gasteiger partial charge in [0, 0.05) is 28.7 Å². The minimum Gasteiger partial charge on any atom is -0.472 e. The Kier molecular flexibility index (Phi) is 3.33. The Morgan fingerprint density at radius 1 is 0.862 bits per heavy atom. The van der Waals surface area contributed by atoms with Crippen LogP contribution in [0.25, 0.3) is 55.8 Å². The smallest absolute Gasteiger partial charge is 0.138 e. The zero-order chi connectivity index (χ0) is 19.2. The first-order chi connectivity index (χ1) is 14.4. The summed E-state index contributed by atoms with van der Waals surface area (Å²) in [6.45, 7) is 0. The second-order valence-electron chi connectivity index (χ2n) is 6.72. The van der Waals surface area contributed by atoms with Gasteiger partial charge in [-0.05, 0) is 42.0 Å². The van der Waals surface area contributed by atoms with Gasteiger partial charge in [0.15, 0.2) is 0 Å². The van der Waals surface area contributed by atoms with Crippen LogP contribution in [0.2, 0.25) is 0 Å². The monoisotopic (exact) mass is 378 g/mol. The maximum absolute atomic E-state index is 5.25. The van der Waals surface area contributed by atoms with E-state index in [4.69, 9.17) is 4.42 Å². The number of fused-ring (bicyclic) bond motifs is 2. The lowest BCUT2D eigenvalue weighted by Gasteiger charge is -2.00. The molecule has 0 aliphatic heterocycles. The van der Waals surface area contributed by atoms with Gasteiger partial charge in [-0.15, -0.1) is 0 Å². The summed E-state index contributed by atoms with van der Waals surface area (Å²) in [7, 11) is 0. The topological polar surface area (TPSA) is 96.3 Å². The third-order valence-corrected chi connectivity index (χ3v) is 4.99. The molecular weight excluding hydrogens is 364 g/mol. The predicted octanol–water partition coefficient (Wildman–Crippen LogP) is 4.82. The van der Waals surface area contributed by atoms with Crippen LogP contribution in [0.5, 0.6) is 0 Å². The number of rotatable bonds is 3. The molecule has 2 N–H and O–H groups in total. The van der Waals surface area contributed by atoms with Crippen molar-refractivity contribution in [3.63, 3.8) is 0 Å². The van der Waals surface area contributed by atoms with Crippen LogP contribution in [0, 0.1) is 0 Å². The van der Waals surface area contributed by atoms with Crippen LogP contribution in [0.1, 0.15) is 0 Å². The summed E-state index contributed by atoms with van der Waals surface area (Å²) in [5.41, 5.74) is 7.05. The molecule has 0 aromatic carbocycles. The normalized spacial score (nSPS) is 11.4. The Bertz CT molecular complexity index is 1450. The quantitative estimate of drug-likeness (QED) is 0.460. The maximum Gasteiger partial charge on any atom is 0.138 e. The van der Waals surface area contributed by atoms with Crippen LogP contribution in [-0.4, -0.2) is 30.1 Å². The van der Waals surface area contributed by atoms with Gasteiger partial charge in [0.25, 0.3) is 0 Å². The summed E-state index contributed by atoms with van der Waals surface area (Å²) in [6, 6.07) is 13.8. The summed E-state index contributed by atoms with van der Waals surface area (Å²) >= 11 is 0. The van der Waals surface area contributed by atoms with Gasteiger partial charge in [0.1, 0.15) is 11.3 Å². The van der Waals surface area contributed by atoms with Crippen molar-refractivity contribution in [3.05, 3.63) is 73.6 Å². The fourth-order valence-electron chi connectivity index (χ4n) is 3.60. The third kappa shape index (κ3) is 2.52. The number of furan rings is 1. The number of nitrogens with zero attached hydrogens (tertiary/aromatic N) is 4. The molecular formula is C22H14N6O. The number of hydrogen-bond donors (Lipinski definition) is 2. The van der Waals surface area contributed by atoms with E-state index in [0.29, 0.717) is 0 Å². The van der Waals surface area contributed by atoms with Gasteiger partial charge in [0.05, 0.1) is 41.3 Å². The first-order valence-electron chi connectivity index (χ1n) is 9.13. The number of nitrogens with one attached hydrogen (secondary N) is 2. The van der Waals surface area contributed by atoms with Crippen molar-refractivity contribution in [2.24, 2.45) is 0 Å². The van der Waals surface area contributed by atoms with Crippen molar-refractivity contribution in [2.45, 2.75) is 0 Å². The SMILES string of the molecule is c1ccc(-c2cc3c(-c4cc5c(-c6ccoc6)ccnc5[nH]4)n[nH]c3cn2)nc1. The van der Waals surface area contributed by atoms with Gasteiger partial charge in [-0.25, -0.2) is 4.98 Å². The molecule has 29 heavy (non-hydrogen) atoms. The summed E-state index contributed by atoms with van der Waals surface area (Å²) in [6.07, 6.45) is 8.74. The zero-order valence-corrected chi connectivity index (χ0v) is 15.1. The van der Waals surface area contributed by atoms with Crippen LogP contribution < -0.4 is 0 Å². The molecule has 7 heteroatoms. The number of pyridine rings is 3. The number of aromatic amines is 2. The highest BCUT2D eigenvalue weighted by atomic mass is 16.3. The highest BCUT2D eigenvalue weighted by molar-refractivity contribution is 6.00. The second kappa shape index (κ2) is 6.13. The van der Waals surface area contributed by atoms with Crippen LogP contribution in [0.4, 0.5) is 0 Å². The molecule has 6 aromatic heterocycles. The highest BCUT2D eigenvalue weighted by Gasteiger charge is 2.15. The molecule has 138 valence electrons. The van der Waals surface area contributed by atoms with Gasteiger partial charge >= 0.3 is 0 Å². The van der Waals surface area contributed by atoms with Crippen molar-refractivity contribution in [2.75, 3.05) is 0 Å². The zero-order valence-electron chi connectivity index (χ0n) is 15.1. The van der Waals surface area contributed by atoms with Crippen molar-refractivity contribution >= 4 is 21.9 Å². The van der Waals surface area contributed by atoms with Gasteiger partial charge in [-0.3, -0.25) is 15.1 Å². The number of hydrogen-bond acceptors (Lipinski definition) is 5. The fourth-order valence-corrected chi connectivity index (χ4v) is 3.60. The van der Waals surface area contributed by atoms with E-state index in [1.807, 2.05) is 36.4 Å². The van der Waals surface area contributed by atoms with Crippen LogP contribution in [0.3, 0.4) is 0 Å². The first kappa shape index (κ1) is 15.8. The van der Waals surface area contributed by atoms with E-state index in [1.165, 1.54) is 0 Å². The lowest BCUT2D eigenvalue weighted by atomic mass is 10.1. The molecule has 0 radical (unpaired) electrons. The minimum atomic E-state index is 0.800. The van der Waals surface area contributed by atoms with Crippen molar-refractivity contribution < 1.29 is 4.42 Å². The molecule has 0 saturated carbocycles. The minimum absolute atomic E-state index is 0.800. The van der Waals surface area contributed by atoms with E-state index in [-0.39, 0.29) is 0 Å². The van der Waals surface area contributed by atoms with Gasteiger partial charge in [-0.1, -0.05) is 6.07 Å². The molecule has 0 bridgehead atoms. The summed E-state index contributed by atoms with van der Waals surface area (Å²) < 4.78 is 5.25. The molecule has 0 amide bonds. The molecule has 0 fully saturated rings. The van der Waals surface area contributed by atoms with E-state index < -0.39 is 0 Å². The lowest BCUT2D eigenvalue weighted by molar-refractivity contribution is 0.568. The molecule has 0 atom stereocenters. The largest absolute Gasteiger partial charge is 0.472 e. The average Bonchev–Trinajstić information content (AvgIpc) is 3.52. The van der Waals surface area contributed by atoms with Crippen molar-refractivity contribution in [1.29, 1.82) is 0 Å². The maximum atomic E-state index is 5.25. The lowest BCUT2D eigenvalue weighted by Crippen LogP contribution is -1.86. The van der Waals surface area contributed by atoms with Crippen LogP contribution >= 0.6 is 0 Å². The van der Waals surface area contributed by atoms with E-state index in [0.717, 1.165) is 55.8 Å². The van der Waals surface area contributed by atoms with E-state index in [9.17, 15) is 0 Å². The van der Waals surface area contributed by atoms with Crippen LogP contribution in [-0.2, 0) is 0 Å². The van der Waals surface area contributed by atoms with Gasteiger partial charge in [-0.2, -0.15) is 5.10 Å². The van der Waals surface area contributed by atoms with Crippen molar-refractivity contribution in [3.8, 4) is 33.9 Å². The fraction of sp³-hybridized carbons (Fsp3) is 0. The Hall–Kier alpha value is -4.26. The molecule has 6 heterocycles. The first-order valence-corrected chi connectivity index (χ1v) is 9.13. The molecule has 0 aliphatic carbocycles. The van der Waals surface area contributed by atoms with E-state index in [1.54, 1.807) is 31.1 Å².